The third-order valence-corrected chi connectivity index (χ3v) is 1.44. The highest BCUT2D eigenvalue weighted by molar-refractivity contribution is 5.57. The molecule has 0 aliphatic rings. The molecular formula is C8H9N3O3. The summed E-state index contributed by atoms with van der Waals surface area (Å²) in [6, 6.07) is 6.99. The normalized spacial score (nSPS) is 10.1. The molecule has 1 aromatic carbocycles. The van der Waals surface area contributed by atoms with Crippen LogP contribution in [0, 0.1) is 10.1 Å². The molecule has 0 fully saturated rings. The van der Waals surface area contributed by atoms with E-state index in [9.17, 15) is 10.1 Å². The molecule has 0 radical (unpaired) electrons. The van der Waals surface area contributed by atoms with E-state index in [1.165, 1.54) is 7.11 Å². The average molecular weight is 195 g/mol. The Balaban J connectivity index is 2.71. The van der Waals surface area contributed by atoms with Crippen LogP contribution in [0.25, 0.3) is 0 Å². The van der Waals surface area contributed by atoms with E-state index in [2.05, 4.69) is 10.5 Å². The zero-order chi connectivity index (χ0) is 10.4. The first-order chi connectivity index (χ1) is 6.74. The summed E-state index contributed by atoms with van der Waals surface area (Å²) in [7, 11) is 1.51. The lowest BCUT2D eigenvalue weighted by atomic mass is 10.3. The predicted molar refractivity (Wildman–Crippen MR) is 52.1 cm³/mol. The Morgan fingerprint density at radius 1 is 1.57 bits per heavy atom. The molecule has 0 aliphatic heterocycles. The molecule has 0 unspecified atom stereocenters. The van der Waals surface area contributed by atoms with Crippen LogP contribution >= 0.6 is 0 Å². The van der Waals surface area contributed by atoms with Crippen LogP contribution < -0.4 is 10.2 Å². The summed E-state index contributed by atoms with van der Waals surface area (Å²) in [5.74, 6) is 0.577. The maximum absolute atomic E-state index is 9.93. The van der Waals surface area contributed by atoms with Crippen LogP contribution in [0.1, 0.15) is 0 Å². The fraction of sp³-hybridized carbons (Fsp3) is 0.125. The molecular weight excluding hydrogens is 186 g/mol. The number of rotatable bonds is 4. The molecule has 6 heteroatoms. The van der Waals surface area contributed by atoms with Gasteiger partial charge in [-0.2, -0.15) is 5.43 Å². The average Bonchev–Trinajstić information content (AvgIpc) is 2.18. The van der Waals surface area contributed by atoms with Gasteiger partial charge >= 0.3 is 6.34 Å². The Kier molecular flexibility index (Phi) is 3.42. The molecule has 0 saturated carbocycles. The molecule has 1 aromatic rings. The van der Waals surface area contributed by atoms with Crippen LogP contribution in [0.2, 0.25) is 0 Å². The fourth-order valence-corrected chi connectivity index (χ4v) is 0.883. The van der Waals surface area contributed by atoms with Gasteiger partial charge < -0.3 is 14.9 Å². The number of methoxy groups -OCH3 is 1. The second kappa shape index (κ2) is 4.80. The first-order valence-electron chi connectivity index (χ1n) is 3.79. The Bertz CT molecular complexity index is 351. The lowest BCUT2D eigenvalue weighted by Crippen LogP contribution is -1.98. The summed E-state index contributed by atoms with van der Waals surface area (Å²) in [5, 5.41) is 13.3. The van der Waals surface area contributed by atoms with Crippen LogP contribution in [0.3, 0.4) is 0 Å². The van der Waals surface area contributed by atoms with Crippen LogP contribution in [-0.2, 0) is 0 Å². The van der Waals surface area contributed by atoms with Crippen molar-refractivity contribution in [2.24, 2.45) is 5.10 Å². The fourth-order valence-electron chi connectivity index (χ4n) is 0.883. The Morgan fingerprint density at radius 2 is 2.29 bits per heavy atom. The van der Waals surface area contributed by atoms with E-state index >= 15 is 0 Å². The molecule has 6 nitrogen and oxygen atoms in total. The second-order valence-corrected chi connectivity index (χ2v) is 2.34. The Morgan fingerprint density at radius 3 is 2.93 bits per heavy atom. The van der Waals surface area contributed by atoms with Crippen molar-refractivity contribution in [2.75, 3.05) is 12.5 Å². The molecule has 0 saturated heterocycles. The van der Waals surface area contributed by atoms with E-state index in [1.807, 2.05) is 0 Å². The summed E-state index contributed by atoms with van der Waals surface area (Å²) < 4.78 is 5.00. The largest absolute Gasteiger partial charge is 0.494 e. The van der Waals surface area contributed by atoms with Crippen molar-refractivity contribution < 1.29 is 9.66 Å². The number of hydrazone groups is 1. The van der Waals surface area contributed by atoms with E-state index in [0.29, 0.717) is 17.8 Å². The van der Waals surface area contributed by atoms with Crippen LogP contribution in [0.4, 0.5) is 5.69 Å². The van der Waals surface area contributed by atoms with Gasteiger partial charge in [-0.15, -0.1) is 0 Å². The van der Waals surface area contributed by atoms with Gasteiger partial charge in [0.15, 0.2) is 0 Å². The molecule has 0 heterocycles. The smallest absolute Gasteiger partial charge is 0.352 e. The maximum Gasteiger partial charge on any atom is 0.352 e. The number of para-hydroxylation sites is 2. The highest BCUT2D eigenvalue weighted by Crippen LogP contribution is 2.22. The van der Waals surface area contributed by atoms with Crippen molar-refractivity contribution in [3.05, 3.63) is 34.4 Å². The Hall–Kier alpha value is -2.11. The van der Waals surface area contributed by atoms with E-state index < -0.39 is 4.92 Å². The van der Waals surface area contributed by atoms with Crippen LogP contribution in [-0.4, -0.2) is 18.4 Å². The van der Waals surface area contributed by atoms with E-state index in [1.54, 1.807) is 24.3 Å². The van der Waals surface area contributed by atoms with Gasteiger partial charge in [-0.25, -0.2) is 0 Å². The van der Waals surface area contributed by atoms with E-state index in [4.69, 9.17) is 4.74 Å². The molecule has 1 N–H and O–H groups in total. The van der Waals surface area contributed by atoms with Gasteiger partial charge in [-0.05, 0) is 17.1 Å². The lowest BCUT2D eigenvalue weighted by molar-refractivity contribution is -0.339. The van der Waals surface area contributed by atoms with Crippen LogP contribution in [0.15, 0.2) is 29.4 Å². The molecule has 74 valence electrons. The van der Waals surface area contributed by atoms with Crippen molar-refractivity contribution in [2.45, 2.75) is 0 Å². The van der Waals surface area contributed by atoms with Gasteiger partial charge in [-0.3, -0.25) is 0 Å². The van der Waals surface area contributed by atoms with E-state index in [0.717, 1.165) is 0 Å². The maximum atomic E-state index is 9.93. The molecule has 14 heavy (non-hydrogen) atoms. The van der Waals surface area contributed by atoms with Gasteiger partial charge in [0.1, 0.15) is 11.4 Å². The molecule has 0 amide bonds. The van der Waals surface area contributed by atoms with Crippen molar-refractivity contribution in [3.8, 4) is 5.75 Å². The number of benzene rings is 1. The number of ether oxygens (including phenoxy) is 1. The first kappa shape index (κ1) is 9.97. The molecule has 0 atom stereocenters. The number of nitrogens with one attached hydrogen (secondary N) is 1. The molecule has 1 rings (SSSR count). The zero-order valence-corrected chi connectivity index (χ0v) is 7.51. The van der Waals surface area contributed by atoms with Gasteiger partial charge in [-0.1, -0.05) is 12.1 Å². The monoisotopic (exact) mass is 195 g/mol. The number of anilines is 1. The number of nitrogens with zero attached hydrogens (tertiary/aromatic N) is 2. The Labute approximate surface area is 80.3 Å². The minimum Gasteiger partial charge on any atom is -0.494 e. The minimum absolute atomic E-state index is 0.576. The van der Waals surface area contributed by atoms with E-state index in [-0.39, 0.29) is 0 Å². The quantitative estimate of drug-likeness (QED) is 0.340. The lowest BCUT2D eigenvalue weighted by Gasteiger charge is -2.02. The van der Waals surface area contributed by atoms with Crippen molar-refractivity contribution >= 4 is 12.0 Å². The van der Waals surface area contributed by atoms with Gasteiger partial charge in [0.2, 0.25) is 0 Å². The molecule has 0 bridgehead atoms. The SMILES string of the molecule is COc1ccccc1N/N=C/[N+](=O)[O-]. The van der Waals surface area contributed by atoms with Crippen molar-refractivity contribution in [3.63, 3.8) is 0 Å². The molecule has 0 aromatic heterocycles. The third-order valence-electron chi connectivity index (χ3n) is 1.44. The molecule has 0 aliphatic carbocycles. The third kappa shape index (κ3) is 2.74. The summed E-state index contributed by atoms with van der Waals surface area (Å²) in [6.45, 7) is 0. The summed E-state index contributed by atoms with van der Waals surface area (Å²) >= 11 is 0. The summed E-state index contributed by atoms with van der Waals surface area (Å²) in [5.41, 5.74) is 3.08. The highest BCUT2D eigenvalue weighted by Gasteiger charge is 2.00. The highest BCUT2D eigenvalue weighted by atomic mass is 16.6. The van der Waals surface area contributed by atoms with Crippen molar-refractivity contribution in [1.29, 1.82) is 0 Å². The summed E-state index contributed by atoms with van der Waals surface area (Å²) in [4.78, 5) is 9.28. The summed E-state index contributed by atoms with van der Waals surface area (Å²) in [6.07, 6.45) is 0.576. The van der Waals surface area contributed by atoms with Gasteiger partial charge in [0.25, 0.3) is 0 Å². The van der Waals surface area contributed by atoms with Gasteiger partial charge in [0, 0.05) is 5.10 Å². The standard InChI is InChI=1S/C8H9N3O3/c1-14-8-5-3-2-4-7(8)10-9-6-11(12)13/h2-6,10H,1H3/b9-6+. The zero-order valence-electron chi connectivity index (χ0n) is 7.51. The number of hydrogen-bond acceptors (Lipinski definition) is 5. The number of hydrogen-bond donors (Lipinski definition) is 1. The van der Waals surface area contributed by atoms with Crippen molar-refractivity contribution in [1.82, 2.24) is 0 Å². The predicted octanol–water partition coefficient (Wildman–Crippen LogP) is 1.33. The van der Waals surface area contributed by atoms with Crippen LogP contribution in [0.5, 0.6) is 5.75 Å². The van der Waals surface area contributed by atoms with Gasteiger partial charge in [0.05, 0.1) is 7.11 Å². The minimum atomic E-state index is -0.650. The number of nitro groups is 1. The topological polar surface area (TPSA) is 76.8 Å². The first-order valence-corrected chi connectivity index (χ1v) is 3.79. The molecule has 0 spiro atoms. The second-order valence-electron chi connectivity index (χ2n) is 2.34.